The molecule has 0 spiro atoms. The van der Waals surface area contributed by atoms with Crippen LogP contribution < -0.4 is 5.32 Å². The summed E-state index contributed by atoms with van der Waals surface area (Å²) < 4.78 is 15.7. The Bertz CT molecular complexity index is 792. The van der Waals surface area contributed by atoms with Gasteiger partial charge in [-0.05, 0) is 42.7 Å². The average Bonchev–Trinajstić information content (AvgIpc) is 2.90. The largest absolute Gasteiger partial charge is 0.343 e. The fourth-order valence-electron chi connectivity index (χ4n) is 3.38. The summed E-state index contributed by atoms with van der Waals surface area (Å²) in [5.41, 5.74) is 3.77. The molecule has 1 atom stereocenters. The van der Waals surface area contributed by atoms with E-state index in [1.807, 2.05) is 12.1 Å². The van der Waals surface area contributed by atoms with Crippen molar-refractivity contribution in [1.82, 2.24) is 9.88 Å². The Morgan fingerprint density at radius 2 is 1.95 bits per heavy atom. The SMILES string of the molecule is Fc1ccc2c(c1)cc1n2CC(NCc2ccccc2)CC1. The fourth-order valence-corrected chi connectivity index (χ4v) is 3.38. The van der Waals surface area contributed by atoms with Crippen LogP contribution in [0.25, 0.3) is 10.9 Å². The van der Waals surface area contributed by atoms with Crippen LogP contribution in [0.4, 0.5) is 4.39 Å². The van der Waals surface area contributed by atoms with Crippen molar-refractivity contribution >= 4 is 10.9 Å². The van der Waals surface area contributed by atoms with Crippen LogP contribution in [-0.2, 0) is 19.5 Å². The molecule has 1 aliphatic rings. The number of benzene rings is 2. The molecule has 0 saturated heterocycles. The Balaban J connectivity index is 1.52. The van der Waals surface area contributed by atoms with Crippen LogP contribution in [0.3, 0.4) is 0 Å². The number of hydrogen-bond acceptors (Lipinski definition) is 1. The first-order chi connectivity index (χ1) is 10.8. The van der Waals surface area contributed by atoms with E-state index in [0.29, 0.717) is 6.04 Å². The maximum atomic E-state index is 13.4. The van der Waals surface area contributed by atoms with Gasteiger partial charge in [-0.1, -0.05) is 30.3 Å². The minimum Gasteiger partial charge on any atom is -0.343 e. The second-order valence-corrected chi connectivity index (χ2v) is 6.05. The summed E-state index contributed by atoms with van der Waals surface area (Å²) in [7, 11) is 0. The van der Waals surface area contributed by atoms with Crippen LogP contribution in [-0.4, -0.2) is 10.6 Å². The predicted octanol–water partition coefficient (Wildman–Crippen LogP) is 3.89. The van der Waals surface area contributed by atoms with Crippen LogP contribution in [0, 0.1) is 5.82 Å². The summed E-state index contributed by atoms with van der Waals surface area (Å²) >= 11 is 0. The number of halogens is 1. The molecule has 0 aliphatic carbocycles. The van der Waals surface area contributed by atoms with E-state index in [0.717, 1.165) is 36.8 Å². The van der Waals surface area contributed by atoms with Gasteiger partial charge in [-0.3, -0.25) is 0 Å². The molecule has 2 aromatic carbocycles. The van der Waals surface area contributed by atoms with E-state index in [2.05, 4.69) is 40.2 Å². The quantitative estimate of drug-likeness (QED) is 0.775. The highest BCUT2D eigenvalue weighted by Crippen LogP contribution is 2.26. The monoisotopic (exact) mass is 294 g/mol. The number of rotatable bonds is 3. The molecule has 0 amide bonds. The van der Waals surface area contributed by atoms with Gasteiger partial charge in [-0.2, -0.15) is 0 Å². The first kappa shape index (κ1) is 13.5. The molecule has 112 valence electrons. The Labute approximate surface area is 129 Å². The van der Waals surface area contributed by atoms with Crippen molar-refractivity contribution in [2.75, 3.05) is 0 Å². The Hall–Kier alpha value is -2.13. The molecule has 0 saturated carbocycles. The molecule has 4 rings (SSSR count). The lowest BCUT2D eigenvalue weighted by atomic mass is 10.0. The molecule has 3 heteroatoms. The maximum absolute atomic E-state index is 13.4. The number of nitrogens with zero attached hydrogens (tertiary/aromatic N) is 1. The van der Waals surface area contributed by atoms with Gasteiger partial charge in [0.1, 0.15) is 5.82 Å². The van der Waals surface area contributed by atoms with Crippen molar-refractivity contribution in [2.24, 2.45) is 0 Å². The summed E-state index contributed by atoms with van der Waals surface area (Å²) in [4.78, 5) is 0. The zero-order valence-corrected chi connectivity index (χ0v) is 12.4. The van der Waals surface area contributed by atoms with Gasteiger partial charge in [0.15, 0.2) is 0 Å². The van der Waals surface area contributed by atoms with Gasteiger partial charge in [0.25, 0.3) is 0 Å². The molecule has 1 aliphatic heterocycles. The minimum absolute atomic E-state index is 0.158. The molecular formula is C19H19FN2. The van der Waals surface area contributed by atoms with E-state index in [-0.39, 0.29) is 5.82 Å². The lowest BCUT2D eigenvalue weighted by Gasteiger charge is -2.26. The molecular weight excluding hydrogens is 275 g/mol. The van der Waals surface area contributed by atoms with E-state index >= 15 is 0 Å². The molecule has 22 heavy (non-hydrogen) atoms. The van der Waals surface area contributed by atoms with Gasteiger partial charge in [0, 0.05) is 35.7 Å². The molecule has 2 heterocycles. The van der Waals surface area contributed by atoms with Crippen molar-refractivity contribution in [3.05, 3.63) is 71.7 Å². The van der Waals surface area contributed by atoms with Gasteiger partial charge in [0.05, 0.1) is 0 Å². The van der Waals surface area contributed by atoms with Crippen LogP contribution >= 0.6 is 0 Å². The highest BCUT2D eigenvalue weighted by molar-refractivity contribution is 5.81. The number of aromatic nitrogens is 1. The van der Waals surface area contributed by atoms with E-state index in [4.69, 9.17) is 0 Å². The summed E-state index contributed by atoms with van der Waals surface area (Å²) in [5, 5.41) is 4.66. The average molecular weight is 294 g/mol. The third-order valence-corrected chi connectivity index (χ3v) is 4.54. The minimum atomic E-state index is -0.158. The topological polar surface area (TPSA) is 17.0 Å². The molecule has 1 unspecified atom stereocenters. The third kappa shape index (κ3) is 2.53. The molecule has 1 aromatic heterocycles. The van der Waals surface area contributed by atoms with Crippen LogP contribution in [0.1, 0.15) is 17.7 Å². The summed E-state index contributed by atoms with van der Waals surface area (Å²) in [6, 6.07) is 18.2. The lowest BCUT2D eigenvalue weighted by Crippen LogP contribution is -2.36. The van der Waals surface area contributed by atoms with Gasteiger partial charge in [-0.15, -0.1) is 0 Å². The number of hydrogen-bond donors (Lipinski definition) is 1. The van der Waals surface area contributed by atoms with Gasteiger partial charge in [-0.25, -0.2) is 4.39 Å². The smallest absolute Gasteiger partial charge is 0.123 e. The van der Waals surface area contributed by atoms with Crippen LogP contribution in [0.15, 0.2) is 54.6 Å². The van der Waals surface area contributed by atoms with E-state index in [9.17, 15) is 4.39 Å². The van der Waals surface area contributed by atoms with Crippen LogP contribution in [0.5, 0.6) is 0 Å². The maximum Gasteiger partial charge on any atom is 0.123 e. The summed E-state index contributed by atoms with van der Waals surface area (Å²) in [5.74, 6) is -0.158. The molecule has 1 N–H and O–H groups in total. The van der Waals surface area contributed by atoms with Crippen molar-refractivity contribution in [3.8, 4) is 0 Å². The van der Waals surface area contributed by atoms with Crippen LogP contribution in [0.2, 0.25) is 0 Å². The normalized spacial score (nSPS) is 17.6. The molecule has 0 fully saturated rings. The van der Waals surface area contributed by atoms with Gasteiger partial charge < -0.3 is 9.88 Å². The highest BCUT2D eigenvalue weighted by atomic mass is 19.1. The molecule has 0 bridgehead atoms. The highest BCUT2D eigenvalue weighted by Gasteiger charge is 2.20. The molecule has 2 nitrogen and oxygen atoms in total. The summed E-state index contributed by atoms with van der Waals surface area (Å²) in [6.07, 6.45) is 2.17. The van der Waals surface area contributed by atoms with Gasteiger partial charge >= 0.3 is 0 Å². The zero-order valence-electron chi connectivity index (χ0n) is 12.4. The Kier molecular flexibility index (Phi) is 3.43. The van der Waals surface area contributed by atoms with E-state index < -0.39 is 0 Å². The summed E-state index contributed by atoms with van der Waals surface area (Å²) in [6.45, 7) is 1.85. The third-order valence-electron chi connectivity index (χ3n) is 4.54. The van der Waals surface area contributed by atoms with E-state index in [1.165, 1.54) is 11.3 Å². The Morgan fingerprint density at radius 3 is 2.82 bits per heavy atom. The fraction of sp³-hybridized carbons (Fsp3) is 0.263. The van der Waals surface area contributed by atoms with Crippen molar-refractivity contribution in [3.63, 3.8) is 0 Å². The second kappa shape index (κ2) is 5.58. The zero-order chi connectivity index (χ0) is 14.9. The number of aryl methyl sites for hydroxylation is 1. The molecule has 0 radical (unpaired) electrons. The predicted molar refractivity (Wildman–Crippen MR) is 87.3 cm³/mol. The first-order valence-electron chi connectivity index (χ1n) is 7.84. The Morgan fingerprint density at radius 1 is 1.09 bits per heavy atom. The van der Waals surface area contributed by atoms with Crippen molar-refractivity contribution in [2.45, 2.75) is 32.0 Å². The first-order valence-corrected chi connectivity index (χ1v) is 7.84. The number of fused-ring (bicyclic) bond motifs is 3. The second-order valence-electron chi connectivity index (χ2n) is 6.05. The van der Waals surface area contributed by atoms with E-state index in [1.54, 1.807) is 12.1 Å². The molecule has 3 aromatic rings. The van der Waals surface area contributed by atoms with Crippen molar-refractivity contribution < 1.29 is 4.39 Å². The van der Waals surface area contributed by atoms with Gasteiger partial charge in [0.2, 0.25) is 0 Å². The standard InChI is InChI=1S/C19H19FN2/c20-16-6-9-19-15(10-16)11-18-8-7-17(13-22(18)19)21-12-14-4-2-1-3-5-14/h1-6,9-11,17,21H,7-8,12-13H2. The lowest BCUT2D eigenvalue weighted by molar-refractivity contribution is 0.389. The number of nitrogens with one attached hydrogen (secondary N) is 1. The van der Waals surface area contributed by atoms with Crippen molar-refractivity contribution in [1.29, 1.82) is 0 Å².